The van der Waals surface area contributed by atoms with Gasteiger partial charge in [-0.3, -0.25) is 4.48 Å². The normalized spacial score (nSPS) is 17.9. The van der Waals surface area contributed by atoms with Crippen molar-refractivity contribution in [2.24, 2.45) is 4.99 Å². The van der Waals surface area contributed by atoms with Crippen molar-refractivity contribution >= 4 is 17.8 Å². The molecule has 1 unspecified atom stereocenters. The van der Waals surface area contributed by atoms with Gasteiger partial charge in [-0.15, -0.1) is 0 Å². The molecule has 0 aromatic heterocycles. The Balaban J connectivity index is -0.00000192. The van der Waals surface area contributed by atoms with E-state index in [1.165, 1.54) is 25.7 Å². The van der Waals surface area contributed by atoms with Gasteiger partial charge in [-0.05, 0) is 6.42 Å². The van der Waals surface area contributed by atoms with Gasteiger partial charge in [-0.2, -0.15) is 0 Å². The average Bonchev–Trinajstić information content (AvgIpc) is 2.89. The molecule has 0 fully saturated rings. The molecule has 1 N–H and O–H groups in total. The Kier molecular flexibility index (Phi) is 22.1. The Morgan fingerprint density at radius 2 is 1.70 bits per heavy atom. The van der Waals surface area contributed by atoms with Crippen molar-refractivity contribution in [3.63, 3.8) is 0 Å². The summed E-state index contributed by atoms with van der Waals surface area (Å²) < 4.78 is 5.26. The van der Waals surface area contributed by atoms with Crippen LogP contribution in [0.3, 0.4) is 0 Å². The van der Waals surface area contributed by atoms with Crippen LogP contribution in [0.25, 0.3) is 0 Å². The number of quaternary nitrogens is 1. The van der Waals surface area contributed by atoms with Gasteiger partial charge >= 0.3 is 59.1 Å². The molecule has 0 spiro atoms. The number of amidine groups is 1. The fraction of sp³-hybridized carbons (Fsp3) is 0.824. The maximum absolute atomic E-state index is 11.2. The van der Waals surface area contributed by atoms with E-state index in [1.807, 2.05) is 0 Å². The van der Waals surface area contributed by atoms with Gasteiger partial charge in [0, 0.05) is 6.42 Å². The van der Waals surface area contributed by atoms with Crippen molar-refractivity contribution in [1.29, 1.82) is 0 Å². The van der Waals surface area contributed by atoms with E-state index in [4.69, 9.17) is 4.74 Å². The standard InChI is InChI=1S/C17H30N2O5.2Na.H2O/c1-2-3-4-5-6-7-8-15-18-9-10-19(15,13-16(20)21)11-12-24-14-17(22)23;;;/h2-14H2,1H3,(H-,20,21,22,23);;;1H2/q;2*+1;/p-2. The molecule has 27 heavy (non-hydrogen) atoms. The van der Waals surface area contributed by atoms with Crippen LogP contribution >= 0.6 is 0 Å². The molecule has 1 aliphatic heterocycles. The second kappa shape index (κ2) is 18.5. The minimum atomic E-state index is -1.27. The van der Waals surface area contributed by atoms with Crippen molar-refractivity contribution in [1.82, 2.24) is 0 Å². The largest absolute Gasteiger partial charge is 1.00 e. The van der Waals surface area contributed by atoms with Gasteiger partial charge in [0.05, 0.1) is 31.7 Å². The molecule has 146 valence electrons. The van der Waals surface area contributed by atoms with E-state index in [0.29, 0.717) is 19.6 Å². The number of carboxylic acids is 2. The molecule has 10 heteroatoms. The molecule has 0 aromatic carbocycles. The van der Waals surface area contributed by atoms with Gasteiger partial charge in [0.2, 0.25) is 0 Å². The predicted molar refractivity (Wildman–Crippen MR) is 87.9 cm³/mol. The van der Waals surface area contributed by atoms with Crippen molar-refractivity contribution in [3.8, 4) is 0 Å². The van der Waals surface area contributed by atoms with Crippen LogP contribution in [-0.4, -0.2) is 67.1 Å². The molecule has 0 radical (unpaired) electrons. The molecule has 1 rings (SSSR count). The number of carbonyl (C=O) groups excluding carboxylic acids is 2. The number of unbranched alkanes of at least 4 members (excludes halogenated alkanes) is 5. The monoisotopic (exact) mass is 404 g/mol. The second-order valence-electron chi connectivity index (χ2n) is 6.36. The van der Waals surface area contributed by atoms with Gasteiger partial charge < -0.3 is 30.0 Å². The number of rotatable bonds is 14. The minimum absolute atomic E-state index is 0. The molecule has 0 bridgehead atoms. The average molecular weight is 404 g/mol. The number of nitrogens with zero attached hydrogens (tertiary/aromatic N) is 2. The fourth-order valence-corrected chi connectivity index (χ4v) is 3.16. The van der Waals surface area contributed by atoms with Gasteiger partial charge in [-0.25, -0.2) is 4.99 Å². The molecular formula is C17H30N2Na2O6. The van der Waals surface area contributed by atoms with Crippen molar-refractivity contribution in [3.05, 3.63) is 0 Å². The van der Waals surface area contributed by atoms with Crippen LogP contribution in [0, 0.1) is 0 Å². The smallest absolute Gasteiger partial charge is 0.870 e. The van der Waals surface area contributed by atoms with Crippen LogP contribution in [0.1, 0.15) is 51.9 Å². The Morgan fingerprint density at radius 1 is 1.07 bits per heavy atom. The summed E-state index contributed by atoms with van der Waals surface area (Å²) in [5.41, 5.74) is 0. The van der Waals surface area contributed by atoms with Crippen LogP contribution in [0.5, 0.6) is 0 Å². The number of ether oxygens (including phenoxy) is 1. The zero-order chi connectivity index (χ0) is 17.8. The van der Waals surface area contributed by atoms with Crippen LogP contribution in [0.4, 0.5) is 0 Å². The molecule has 1 heterocycles. The Bertz CT molecular complexity index is 451. The molecule has 0 saturated heterocycles. The van der Waals surface area contributed by atoms with E-state index in [-0.39, 0.29) is 82.2 Å². The number of hydrogen-bond donors (Lipinski definition) is 0. The number of carboxylic acid groups (broad SMARTS) is 2. The van der Waals surface area contributed by atoms with Crippen molar-refractivity contribution < 1.29 is 93.6 Å². The fourth-order valence-electron chi connectivity index (χ4n) is 3.16. The Hall–Kier alpha value is 0.490. The first-order chi connectivity index (χ1) is 11.5. The first kappa shape index (κ1) is 32.2. The topological polar surface area (TPSA) is 132 Å². The number of carbonyl (C=O) groups is 2. The summed E-state index contributed by atoms with van der Waals surface area (Å²) in [5.74, 6) is -1.51. The van der Waals surface area contributed by atoms with Crippen LogP contribution in [-0.2, 0) is 14.3 Å². The third kappa shape index (κ3) is 13.4. The summed E-state index contributed by atoms with van der Waals surface area (Å²) in [4.78, 5) is 26.1. The third-order valence-electron chi connectivity index (χ3n) is 4.44. The van der Waals surface area contributed by atoms with Crippen molar-refractivity contribution in [2.75, 3.05) is 39.4 Å². The first-order valence-corrected chi connectivity index (χ1v) is 8.87. The zero-order valence-electron chi connectivity index (χ0n) is 17.1. The van der Waals surface area contributed by atoms with E-state index >= 15 is 0 Å². The quantitative estimate of drug-likeness (QED) is 0.161. The van der Waals surface area contributed by atoms with E-state index in [1.54, 1.807) is 0 Å². The summed E-state index contributed by atoms with van der Waals surface area (Å²) in [6.07, 6.45) is 7.78. The Labute approximate surface area is 206 Å². The minimum Gasteiger partial charge on any atom is -0.870 e. The molecule has 1 aliphatic rings. The summed E-state index contributed by atoms with van der Waals surface area (Å²) in [6, 6.07) is 0. The Morgan fingerprint density at radius 3 is 2.30 bits per heavy atom. The van der Waals surface area contributed by atoms with Gasteiger partial charge in [0.25, 0.3) is 0 Å². The summed E-state index contributed by atoms with van der Waals surface area (Å²) in [5, 5.41) is 21.6. The van der Waals surface area contributed by atoms with E-state index in [2.05, 4.69) is 11.9 Å². The molecule has 0 aromatic rings. The van der Waals surface area contributed by atoms with Crippen LogP contribution in [0.2, 0.25) is 0 Å². The maximum atomic E-state index is 11.2. The zero-order valence-corrected chi connectivity index (χ0v) is 21.1. The van der Waals surface area contributed by atoms with Crippen LogP contribution in [0.15, 0.2) is 4.99 Å². The van der Waals surface area contributed by atoms with E-state index in [0.717, 1.165) is 25.1 Å². The SMILES string of the molecule is CCCCCCCCC1=NCC[N+]1(CCOCC(=O)[O-])CC(=O)[O-].[Na+].[Na+].[OH-]. The van der Waals surface area contributed by atoms with Gasteiger partial charge in [0.15, 0.2) is 5.84 Å². The van der Waals surface area contributed by atoms with Gasteiger partial charge in [-0.1, -0.05) is 39.0 Å². The van der Waals surface area contributed by atoms with Crippen LogP contribution < -0.4 is 69.3 Å². The number of hydrogen-bond acceptors (Lipinski definition) is 7. The molecule has 8 nitrogen and oxygen atoms in total. The van der Waals surface area contributed by atoms with Crippen molar-refractivity contribution in [2.45, 2.75) is 51.9 Å². The predicted octanol–water partition coefficient (Wildman–Crippen LogP) is -6.69. The summed E-state index contributed by atoms with van der Waals surface area (Å²) >= 11 is 0. The summed E-state index contributed by atoms with van der Waals surface area (Å²) in [6.45, 7) is 3.33. The molecule has 1 atom stereocenters. The third-order valence-corrected chi connectivity index (χ3v) is 4.44. The van der Waals surface area contributed by atoms with E-state index in [9.17, 15) is 19.8 Å². The summed E-state index contributed by atoms with van der Waals surface area (Å²) in [7, 11) is 0. The molecule has 0 amide bonds. The maximum Gasteiger partial charge on any atom is 1.00 e. The molecule has 0 saturated carbocycles. The molecule has 0 aliphatic carbocycles. The number of aliphatic carboxylic acids is 2. The number of aliphatic imine (C=N–C) groups is 1. The van der Waals surface area contributed by atoms with Gasteiger partial charge in [0.1, 0.15) is 19.6 Å². The van der Waals surface area contributed by atoms with E-state index < -0.39 is 18.5 Å². The first-order valence-electron chi connectivity index (χ1n) is 8.87. The molecular weight excluding hydrogens is 374 g/mol. The second-order valence-corrected chi connectivity index (χ2v) is 6.36.